The summed E-state index contributed by atoms with van der Waals surface area (Å²) in [6, 6.07) is 17.4. The van der Waals surface area contributed by atoms with Crippen molar-refractivity contribution in [3.63, 3.8) is 0 Å². The molecule has 0 atom stereocenters. The number of furan rings is 1. The Labute approximate surface area is 188 Å². The molecule has 0 saturated carbocycles. The summed E-state index contributed by atoms with van der Waals surface area (Å²) in [5.41, 5.74) is 2.64. The molecule has 3 aromatic rings. The monoisotopic (exact) mass is 453 g/mol. The van der Waals surface area contributed by atoms with Gasteiger partial charge in [0.05, 0.1) is 17.7 Å². The molecule has 0 unspecified atom stereocenters. The first-order chi connectivity index (χ1) is 15.3. The summed E-state index contributed by atoms with van der Waals surface area (Å²) in [5.74, 6) is 0.269. The van der Waals surface area contributed by atoms with E-state index < -0.39 is 10.0 Å². The number of nitrogens with one attached hydrogen (secondary N) is 2. The summed E-state index contributed by atoms with van der Waals surface area (Å²) in [4.78, 5) is 14.5. The van der Waals surface area contributed by atoms with Gasteiger partial charge in [-0.15, -0.1) is 0 Å². The average Bonchev–Trinajstić information content (AvgIpc) is 3.30. The van der Waals surface area contributed by atoms with Gasteiger partial charge in [0.1, 0.15) is 5.76 Å². The molecule has 0 radical (unpaired) electrons. The highest BCUT2D eigenvalue weighted by molar-refractivity contribution is 7.89. The number of nitrogens with zero attached hydrogens (tertiary/aromatic N) is 1. The zero-order valence-corrected chi connectivity index (χ0v) is 18.9. The maximum absolute atomic E-state index is 12.4. The number of carbonyl (C=O) groups excluding carboxylic acids is 1. The SMILES string of the molecule is CN(C)CCc1ccc(NC(=O)/C=C/c2ccc(S(=O)(=O)NCc3ccco3)cc2)cc1. The van der Waals surface area contributed by atoms with E-state index in [2.05, 4.69) is 14.9 Å². The highest BCUT2D eigenvalue weighted by Gasteiger charge is 2.14. The Morgan fingerprint density at radius 3 is 2.38 bits per heavy atom. The fourth-order valence-corrected chi connectivity index (χ4v) is 3.88. The minimum atomic E-state index is -3.65. The summed E-state index contributed by atoms with van der Waals surface area (Å²) >= 11 is 0. The first-order valence-electron chi connectivity index (χ1n) is 10.2. The number of amides is 1. The molecule has 0 saturated heterocycles. The van der Waals surface area contributed by atoms with E-state index in [0.717, 1.165) is 18.7 Å². The number of hydrogen-bond donors (Lipinski definition) is 2. The lowest BCUT2D eigenvalue weighted by atomic mass is 10.1. The van der Waals surface area contributed by atoms with Crippen LogP contribution in [0.5, 0.6) is 0 Å². The summed E-state index contributed by atoms with van der Waals surface area (Å²) < 4.78 is 32.4. The van der Waals surface area contributed by atoms with Crippen molar-refractivity contribution in [1.82, 2.24) is 9.62 Å². The summed E-state index contributed by atoms with van der Waals surface area (Å²) in [5, 5.41) is 2.82. The molecular weight excluding hydrogens is 426 g/mol. The molecule has 1 aromatic heterocycles. The van der Waals surface area contributed by atoms with E-state index in [-0.39, 0.29) is 17.3 Å². The third-order valence-electron chi connectivity index (χ3n) is 4.70. The molecule has 7 nitrogen and oxygen atoms in total. The van der Waals surface area contributed by atoms with Crippen molar-refractivity contribution in [1.29, 1.82) is 0 Å². The van der Waals surface area contributed by atoms with Gasteiger partial charge in [-0.25, -0.2) is 13.1 Å². The van der Waals surface area contributed by atoms with Crippen LogP contribution in [0.15, 0.2) is 82.3 Å². The highest BCUT2D eigenvalue weighted by atomic mass is 32.2. The second-order valence-electron chi connectivity index (χ2n) is 7.55. The Bertz CT molecular complexity index is 1130. The van der Waals surface area contributed by atoms with Crippen LogP contribution in [0.1, 0.15) is 16.9 Å². The number of benzene rings is 2. The number of likely N-dealkylation sites (N-methyl/N-ethyl adjacent to an activating group) is 1. The van der Waals surface area contributed by atoms with Gasteiger partial charge < -0.3 is 14.6 Å². The average molecular weight is 454 g/mol. The Balaban J connectivity index is 1.53. The first-order valence-corrected chi connectivity index (χ1v) is 11.6. The maximum atomic E-state index is 12.4. The van der Waals surface area contributed by atoms with Crippen molar-refractivity contribution in [2.75, 3.05) is 26.0 Å². The molecule has 2 N–H and O–H groups in total. The Morgan fingerprint density at radius 1 is 1.03 bits per heavy atom. The lowest BCUT2D eigenvalue weighted by Crippen LogP contribution is -2.22. The van der Waals surface area contributed by atoms with Crippen molar-refractivity contribution in [3.05, 3.63) is 89.9 Å². The second-order valence-corrected chi connectivity index (χ2v) is 9.31. The first kappa shape index (κ1) is 23.5. The third kappa shape index (κ3) is 7.19. The van der Waals surface area contributed by atoms with Crippen LogP contribution in [0.25, 0.3) is 6.08 Å². The molecule has 0 fully saturated rings. The fraction of sp³-hybridized carbons (Fsp3) is 0.208. The zero-order chi connectivity index (χ0) is 23.0. The number of sulfonamides is 1. The predicted molar refractivity (Wildman–Crippen MR) is 126 cm³/mol. The molecule has 0 aliphatic heterocycles. The fourth-order valence-electron chi connectivity index (χ4n) is 2.88. The zero-order valence-electron chi connectivity index (χ0n) is 18.1. The Morgan fingerprint density at radius 2 is 1.75 bits per heavy atom. The normalized spacial score (nSPS) is 11.8. The molecule has 32 heavy (non-hydrogen) atoms. The van der Waals surface area contributed by atoms with E-state index in [4.69, 9.17) is 4.42 Å². The van der Waals surface area contributed by atoms with Crippen LogP contribution in [0.4, 0.5) is 5.69 Å². The third-order valence-corrected chi connectivity index (χ3v) is 6.12. The van der Waals surface area contributed by atoms with Gasteiger partial charge in [0, 0.05) is 18.3 Å². The largest absolute Gasteiger partial charge is 0.468 e. The molecule has 0 aliphatic rings. The van der Waals surface area contributed by atoms with Gasteiger partial charge in [0.25, 0.3) is 0 Å². The smallest absolute Gasteiger partial charge is 0.248 e. The lowest BCUT2D eigenvalue weighted by molar-refractivity contribution is -0.111. The summed E-state index contributed by atoms with van der Waals surface area (Å²) in [7, 11) is 0.415. The van der Waals surface area contributed by atoms with E-state index in [1.807, 2.05) is 38.4 Å². The molecule has 1 amide bonds. The van der Waals surface area contributed by atoms with Gasteiger partial charge in [0.2, 0.25) is 15.9 Å². The van der Waals surface area contributed by atoms with E-state index in [9.17, 15) is 13.2 Å². The molecule has 0 aliphatic carbocycles. The number of hydrogen-bond acceptors (Lipinski definition) is 5. The molecule has 8 heteroatoms. The molecule has 0 spiro atoms. The topological polar surface area (TPSA) is 91.7 Å². The van der Waals surface area contributed by atoms with Crippen LogP contribution in [0, 0.1) is 0 Å². The van der Waals surface area contributed by atoms with Gasteiger partial charge in [0.15, 0.2) is 0 Å². The summed E-state index contributed by atoms with van der Waals surface area (Å²) in [6.45, 7) is 1.04. The van der Waals surface area contributed by atoms with E-state index in [0.29, 0.717) is 11.3 Å². The molecule has 3 rings (SSSR count). The van der Waals surface area contributed by atoms with Crippen molar-refractivity contribution in [2.24, 2.45) is 0 Å². The van der Waals surface area contributed by atoms with E-state index in [1.54, 1.807) is 30.3 Å². The number of anilines is 1. The Kier molecular flexibility index (Phi) is 7.99. The molecule has 1 heterocycles. The van der Waals surface area contributed by atoms with Crippen molar-refractivity contribution < 1.29 is 17.6 Å². The quantitative estimate of drug-likeness (QED) is 0.459. The van der Waals surface area contributed by atoms with Crippen LogP contribution in [-0.2, 0) is 27.8 Å². The minimum Gasteiger partial charge on any atom is -0.468 e. The van der Waals surface area contributed by atoms with Crippen LogP contribution in [-0.4, -0.2) is 39.9 Å². The van der Waals surface area contributed by atoms with Crippen LogP contribution < -0.4 is 10.0 Å². The second kappa shape index (κ2) is 10.9. The van der Waals surface area contributed by atoms with Crippen molar-refractivity contribution in [3.8, 4) is 0 Å². The lowest BCUT2D eigenvalue weighted by Gasteiger charge is -2.09. The van der Waals surface area contributed by atoms with Crippen molar-refractivity contribution >= 4 is 27.7 Å². The highest BCUT2D eigenvalue weighted by Crippen LogP contribution is 2.14. The minimum absolute atomic E-state index is 0.0772. The molecule has 2 aromatic carbocycles. The van der Waals surface area contributed by atoms with Gasteiger partial charge in [-0.2, -0.15) is 0 Å². The predicted octanol–water partition coefficient (Wildman–Crippen LogP) is 3.51. The van der Waals surface area contributed by atoms with Crippen LogP contribution in [0.3, 0.4) is 0 Å². The summed E-state index contributed by atoms with van der Waals surface area (Å²) in [6.07, 6.45) is 5.49. The number of carbonyl (C=O) groups is 1. The van der Waals surface area contributed by atoms with E-state index in [1.165, 1.54) is 30.0 Å². The molecule has 168 valence electrons. The maximum Gasteiger partial charge on any atom is 0.248 e. The van der Waals surface area contributed by atoms with Gasteiger partial charge in [-0.1, -0.05) is 24.3 Å². The van der Waals surface area contributed by atoms with Crippen LogP contribution >= 0.6 is 0 Å². The van der Waals surface area contributed by atoms with E-state index >= 15 is 0 Å². The van der Waals surface area contributed by atoms with Gasteiger partial charge >= 0.3 is 0 Å². The standard InChI is InChI=1S/C24H27N3O4S/c1-27(2)16-15-20-5-10-21(11-6-20)26-24(28)14-9-19-7-12-23(13-8-19)32(29,30)25-18-22-4-3-17-31-22/h3-14,17,25H,15-16,18H2,1-2H3,(H,26,28)/b14-9+. The van der Waals surface area contributed by atoms with Gasteiger partial charge in [-0.3, -0.25) is 4.79 Å². The van der Waals surface area contributed by atoms with Crippen LogP contribution in [0.2, 0.25) is 0 Å². The van der Waals surface area contributed by atoms with Gasteiger partial charge in [-0.05, 0) is 74.1 Å². The Hall–Kier alpha value is -3.20. The molecular formula is C24H27N3O4S. The number of rotatable bonds is 10. The molecule has 0 bridgehead atoms. The van der Waals surface area contributed by atoms with Crippen molar-refractivity contribution in [2.45, 2.75) is 17.9 Å².